The number of hydrogen-bond acceptors (Lipinski definition) is 3. The molecule has 0 fully saturated rings. The summed E-state index contributed by atoms with van der Waals surface area (Å²) in [5, 5.41) is 0. The molecule has 0 atom stereocenters. The van der Waals surface area contributed by atoms with Crippen molar-refractivity contribution in [2.45, 2.75) is 33.3 Å². The molecule has 19 heavy (non-hydrogen) atoms. The Morgan fingerprint density at radius 2 is 1.95 bits per heavy atom. The van der Waals surface area contributed by atoms with E-state index < -0.39 is 0 Å². The van der Waals surface area contributed by atoms with Crippen molar-refractivity contribution in [3.63, 3.8) is 0 Å². The number of benzene rings is 1. The second-order valence-electron chi connectivity index (χ2n) is 5.36. The van der Waals surface area contributed by atoms with E-state index >= 15 is 0 Å². The molecule has 0 spiro atoms. The first-order valence-corrected chi connectivity index (χ1v) is 6.21. The summed E-state index contributed by atoms with van der Waals surface area (Å²) in [6.07, 6.45) is 3.27. The number of nitrogens with zero attached hydrogens (tertiary/aromatic N) is 2. The molecule has 2 rings (SSSR count). The second-order valence-corrected chi connectivity index (χ2v) is 5.36. The summed E-state index contributed by atoms with van der Waals surface area (Å²) in [4.78, 5) is 16.5. The van der Waals surface area contributed by atoms with Crippen LogP contribution in [-0.4, -0.2) is 21.1 Å². The lowest BCUT2D eigenvalue weighted by Gasteiger charge is -2.23. The van der Waals surface area contributed by atoms with Gasteiger partial charge in [0.25, 0.3) is 5.91 Å². The van der Waals surface area contributed by atoms with Gasteiger partial charge in [-0.15, -0.1) is 0 Å². The van der Waals surface area contributed by atoms with E-state index in [2.05, 4.69) is 4.98 Å². The van der Waals surface area contributed by atoms with Gasteiger partial charge in [0.15, 0.2) is 0 Å². The molecule has 1 aromatic carbocycles. The van der Waals surface area contributed by atoms with Gasteiger partial charge in [0.2, 0.25) is 0 Å². The van der Waals surface area contributed by atoms with Gasteiger partial charge in [0.05, 0.1) is 5.56 Å². The molecule has 1 heterocycles. The van der Waals surface area contributed by atoms with Crippen LogP contribution in [0.15, 0.2) is 36.7 Å². The standard InChI is InChI=1S/C15H18N2O2/c1-11-16-9-10-17(11)14(18)12-7-5-6-8-13(12)19-15(2,3)4/h5-10H,1-4H3. The second kappa shape index (κ2) is 4.88. The average molecular weight is 258 g/mol. The van der Waals surface area contributed by atoms with Gasteiger partial charge in [0.1, 0.15) is 17.2 Å². The molecule has 4 heteroatoms. The lowest BCUT2D eigenvalue weighted by atomic mass is 10.1. The third-order valence-corrected chi connectivity index (χ3v) is 2.58. The smallest absolute Gasteiger partial charge is 0.267 e. The van der Waals surface area contributed by atoms with E-state index in [4.69, 9.17) is 4.74 Å². The van der Waals surface area contributed by atoms with Gasteiger partial charge in [-0.1, -0.05) is 12.1 Å². The minimum Gasteiger partial charge on any atom is -0.487 e. The van der Waals surface area contributed by atoms with E-state index in [0.29, 0.717) is 17.1 Å². The van der Waals surface area contributed by atoms with Gasteiger partial charge in [-0.3, -0.25) is 9.36 Å². The van der Waals surface area contributed by atoms with Crippen molar-refractivity contribution in [3.05, 3.63) is 48.0 Å². The Balaban J connectivity index is 2.40. The number of carbonyl (C=O) groups excluding carboxylic acids is 1. The Morgan fingerprint density at radius 3 is 2.53 bits per heavy atom. The van der Waals surface area contributed by atoms with Crippen LogP contribution in [0.2, 0.25) is 0 Å². The predicted octanol–water partition coefficient (Wildman–Crippen LogP) is 3.06. The molecular formula is C15H18N2O2. The molecular weight excluding hydrogens is 240 g/mol. The number of aromatic nitrogens is 2. The first kappa shape index (κ1) is 13.3. The number of aryl methyl sites for hydroxylation is 1. The molecule has 0 amide bonds. The van der Waals surface area contributed by atoms with Crippen LogP contribution in [0, 0.1) is 6.92 Å². The monoisotopic (exact) mass is 258 g/mol. The molecule has 0 bridgehead atoms. The van der Waals surface area contributed by atoms with E-state index in [1.54, 1.807) is 25.4 Å². The summed E-state index contributed by atoms with van der Waals surface area (Å²) in [6.45, 7) is 7.66. The van der Waals surface area contributed by atoms with E-state index in [0.717, 1.165) is 0 Å². The van der Waals surface area contributed by atoms with Crippen LogP contribution < -0.4 is 4.74 Å². The number of para-hydroxylation sites is 1. The highest BCUT2D eigenvalue weighted by molar-refractivity contribution is 5.98. The summed E-state index contributed by atoms with van der Waals surface area (Å²) >= 11 is 0. The Morgan fingerprint density at radius 1 is 1.26 bits per heavy atom. The maximum absolute atomic E-state index is 12.5. The average Bonchev–Trinajstić information content (AvgIpc) is 2.73. The van der Waals surface area contributed by atoms with Crippen molar-refractivity contribution < 1.29 is 9.53 Å². The van der Waals surface area contributed by atoms with Crippen LogP contribution in [0.5, 0.6) is 5.75 Å². The van der Waals surface area contributed by atoms with Crippen LogP contribution in [0.25, 0.3) is 0 Å². The molecule has 0 saturated heterocycles. The quantitative estimate of drug-likeness (QED) is 0.831. The Bertz CT molecular complexity index is 594. The summed E-state index contributed by atoms with van der Waals surface area (Å²) in [7, 11) is 0. The molecule has 0 N–H and O–H groups in total. The van der Waals surface area contributed by atoms with Crippen LogP contribution in [-0.2, 0) is 0 Å². The van der Waals surface area contributed by atoms with E-state index in [1.165, 1.54) is 4.57 Å². The summed E-state index contributed by atoms with van der Waals surface area (Å²) in [6, 6.07) is 7.27. The molecule has 4 nitrogen and oxygen atoms in total. The van der Waals surface area contributed by atoms with E-state index in [9.17, 15) is 4.79 Å². The third-order valence-electron chi connectivity index (χ3n) is 2.58. The zero-order valence-corrected chi connectivity index (χ0v) is 11.7. The molecule has 100 valence electrons. The number of carbonyl (C=O) groups is 1. The molecule has 2 aromatic rings. The van der Waals surface area contributed by atoms with E-state index in [1.807, 2.05) is 39.0 Å². The fourth-order valence-corrected chi connectivity index (χ4v) is 1.78. The van der Waals surface area contributed by atoms with Crippen LogP contribution >= 0.6 is 0 Å². The SMILES string of the molecule is Cc1nccn1C(=O)c1ccccc1OC(C)(C)C. The van der Waals surface area contributed by atoms with E-state index in [-0.39, 0.29) is 11.5 Å². The molecule has 1 aromatic heterocycles. The van der Waals surface area contributed by atoms with Gasteiger partial charge in [0, 0.05) is 12.4 Å². The number of rotatable bonds is 2. The Labute approximate surface area is 113 Å². The molecule has 0 aliphatic heterocycles. The predicted molar refractivity (Wildman–Crippen MR) is 73.5 cm³/mol. The van der Waals surface area contributed by atoms with Crippen molar-refractivity contribution in [3.8, 4) is 5.75 Å². The molecule has 0 aliphatic rings. The van der Waals surface area contributed by atoms with Crippen molar-refractivity contribution >= 4 is 5.91 Å². The van der Waals surface area contributed by atoms with Crippen molar-refractivity contribution in [1.82, 2.24) is 9.55 Å². The normalized spacial score (nSPS) is 11.4. The van der Waals surface area contributed by atoms with Crippen molar-refractivity contribution in [1.29, 1.82) is 0 Å². The van der Waals surface area contributed by atoms with Crippen molar-refractivity contribution in [2.24, 2.45) is 0 Å². The third kappa shape index (κ3) is 3.02. The van der Waals surface area contributed by atoms with Crippen LogP contribution in [0.3, 0.4) is 0 Å². The number of hydrogen-bond donors (Lipinski definition) is 0. The lowest BCUT2D eigenvalue weighted by Crippen LogP contribution is -2.25. The first-order chi connectivity index (χ1) is 8.88. The van der Waals surface area contributed by atoms with Gasteiger partial charge in [-0.05, 0) is 39.8 Å². The first-order valence-electron chi connectivity index (χ1n) is 6.21. The summed E-state index contributed by atoms with van der Waals surface area (Å²) < 4.78 is 7.36. The van der Waals surface area contributed by atoms with Gasteiger partial charge in [-0.25, -0.2) is 4.98 Å². The molecule has 0 unspecified atom stereocenters. The van der Waals surface area contributed by atoms with Gasteiger partial charge < -0.3 is 4.74 Å². The Hall–Kier alpha value is -2.10. The summed E-state index contributed by atoms with van der Waals surface area (Å²) in [5.74, 6) is 1.12. The molecule has 0 saturated carbocycles. The maximum Gasteiger partial charge on any atom is 0.267 e. The topological polar surface area (TPSA) is 44.1 Å². The van der Waals surface area contributed by atoms with Gasteiger partial charge in [-0.2, -0.15) is 0 Å². The number of imidazole rings is 1. The zero-order chi connectivity index (χ0) is 14.0. The molecule has 0 aliphatic carbocycles. The fourth-order valence-electron chi connectivity index (χ4n) is 1.78. The summed E-state index contributed by atoms with van der Waals surface area (Å²) in [5.41, 5.74) is 0.193. The lowest BCUT2D eigenvalue weighted by molar-refractivity contribution is 0.0937. The van der Waals surface area contributed by atoms with Crippen LogP contribution in [0.4, 0.5) is 0 Å². The van der Waals surface area contributed by atoms with Crippen molar-refractivity contribution in [2.75, 3.05) is 0 Å². The maximum atomic E-state index is 12.5. The Kier molecular flexibility index (Phi) is 3.42. The number of ether oxygens (including phenoxy) is 1. The highest BCUT2D eigenvalue weighted by Gasteiger charge is 2.19. The fraction of sp³-hybridized carbons (Fsp3) is 0.333. The largest absolute Gasteiger partial charge is 0.487 e. The minimum absolute atomic E-state index is 0.130. The van der Waals surface area contributed by atoms with Crippen LogP contribution in [0.1, 0.15) is 37.0 Å². The van der Waals surface area contributed by atoms with Gasteiger partial charge >= 0.3 is 0 Å². The molecule has 0 radical (unpaired) electrons. The zero-order valence-electron chi connectivity index (χ0n) is 11.7. The highest BCUT2D eigenvalue weighted by atomic mass is 16.5. The highest BCUT2D eigenvalue weighted by Crippen LogP contribution is 2.24. The minimum atomic E-state index is -0.347.